The molecule has 0 bridgehead atoms. The Kier molecular flexibility index (Phi) is 4.93. The second-order valence-corrected chi connectivity index (χ2v) is 5.41. The van der Waals surface area contributed by atoms with Gasteiger partial charge >= 0.3 is 5.69 Å². The van der Waals surface area contributed by atoms with Gasteiger partial charge in [0.25, 0.3) is 0 Å². The molecule has 21 heavy (non-hydrogen) atoms. The largest absolute Gasteiger partial charge is 0.450 e. The van der Waals surface area contributed by atoms with Crippen LogP contribution in [0.1, 0.15) is 11.1 Å². The van der Waals surface area contributed by atoms with Crippen LogP contribution >= 0.6 is 34.8 Å². The van der Waals surface area contributed by atoms with Crippen molar-refractivity contribution in [2.45, 2.75) is 12.8 Å². The molecular formula is C14H10Cl3NO3. The lowest BCUT2D eigenvalue weighted by Gasteiger charge is -2.11. The van der Waals surface area contributed by atoms with Crippen LogP contribution in [0, 0.1) is 17.0 Å². The average molecular weight is 347 g/mol. The Balaban J connectivity index is 2.48. The summed E-state index contributed by atoms with van der Waals surface area (Å²) in [5, 5.41) is 11.4. The summed E-state index contributed by atoms with van der Waals surface area (Å²) < 4.78 is 5.64. The van der Waals surface area contributed by atoms with E-state index in [0.29, 0.717) is 11.6 Å². The summed E-state index contributed by atoms with van der Waals surface area (Å²) in [7, 11) is 0. The first-order chi connectivity index (χ1) is 9.92. The molecule has 4 nitrogen and oxygen atoms in total. The molecule has 0 saturated carbocycles. The van der Waals surface area contributed by atoms with Crippen molar-refractivity contribution in [3.05, 3.63) is 61.6 Å². The van der Waals surface area contributed by atoms with Crippen LogP contribution in [0.3, 0.4) is 0 Å². The highest BCUT2D eigenvalue weighted by atomic mass is 35.5. The fraction of sp³-hybridized carbons (Fsp3) is 0.143. The molecule has 0 radical (unpaired) electrons. The number of benzene rings is 2. The maximum atomic E-state index is 11.1. The van der Waals surface area contributed by atoms with Gasteiger partial charge in [-0.15, -0.1) is 11.6 Å². The monoisotopic (exact) mass is 345 g/mol. The zero-order valence-corrected chi connectivity index (χ0v) is 13.2. The topological polar surface area (TPSA) is 52.4 Å². The fourth-order valence-electron chi connectivity index (χ4n) is 1.70. The Labute approximate surface area is 136 Å². The number of nitro groups is 1. The van der Waals surface area contributed by atoms with Crippen molar-refractivity contribution in [3.8, 4) is 11.5 Å². The highest BCUT2D eigenvalue weighted by Gasteiger charge is 2.19. The predicted octanol–water partition coefficient (Wildman–Crippen LogP) is 5.74. The number of hydrogen-bond acceptors (Lipinski definition) is 3. The van der Waals surface area contributed by atoms with Crippen molar-refractivity contribution in [3.63, 3.8) is 0 Å². The van der Waals surface area contributed by atoms with Gasteiger partial charge < -0.3 is 4.74 Å². The summed E-state index contributed by atoms with van der Waals surface area (Å²) in [6.45, 7) is 1.83. The summed E-state index contributed by atoms with van der Waals surface area (Å²) in [6, 6.07) is 7.91. The molecule has 0 saturated heterocycles. The number of ether oxygens (including phenoxy) is 1. The number of hydrogen-bond donors (Lipinski definition) is 0. The van der Waals surface area contributed by atoms with Gasteiger partial charge in [0.05, 0.1) is 15.0 Å². The molecule has 0 aliphatic heterocycles. The third kappa shape index (κ3) is 3.59. The second kappa shape index (κ2) is 6.52. The molecule has 110 valence electrons. The molecule has 0 aliphatic rings. The minimum atomic E-state index is -0.571. The van der Waals surface area contributed by atoms with E-state index >= 15 is 0 Å². The first-order valence-electron chi connectivity index (χ1n) is 5.89. The van der Waals surface area contributed by atoms with Crippen LogP contribution < -0.4 is 4.74 Å². The second-order valence-electron chi connectivity index (χ2n) is 4.33. The summed E-state index contributed by atoms with van der Waals surface area (Å²) >= 11 is 17.5. The van der Waals surface area contributed by atoms with E-state index in [2.05, 4.69) is 0 Å². The molecule has 0 aliphatic carbocycles. The maximum absolute atomic E-state index is 11.1. The molecule has 0 aromatic heterocycles. The Morgan fingerprint density at radius 1 is 1.14 bits per heavy atom. The molecule has 0 unspecified atom stereocenters. The fourth-order valence-corrected chi connectivity index (χ4v) is 2.18. The molecule has 0 amide bonds. The molecule has 2 aromatic rings. The lowest BCUT2D eigenvalue weighted by molar-refractivity contribution is -0.385. The smallest absolute Gasteiger partial charge is 0.313 e. The molecule has 0 spiro atoms. The normalized spacial score (nSPS) is 10.5. The molecule has 2 rings (SSSR count). The number of halogens is 3. The van der Waals surface area contributed by atoms with Crippen LogP contribution in [0.2, 0.25) is 10.0 Å². The number of nitrogens with zero attached hydrogens (tertiary/aromatic N) is 1. The van der Waals surface area contributed by atoms with Crippen molar-refractivity contribution in [2.24, 2.45) is 0 Å². The van der Waals surface area contributed by atoms with Crippen LogP contribution in [-0.4, -0.2) is 4.92 Å². The quantitative estimate of drug-likeness (QED) is 0.403. The number of nitro benzene ring substituents is 1. The van der Waals surface area contributed by atoms with E-state index in [0.717, 1.165) is 11.1 Å². The average Bonchev–Trinajstić information content (AvgIpc) is 2.44. The van der Waals surface area contributed by atoms with Gasteiger partial charge in [0.2, 0.25) is 5.75 Å². The Morgan fingerprint density at radius 3 is 2.43 bits per heavy atom. The van der Waals surface area contributed by atoms with Crippen LogP contribution in [0.25, 0.3) is 0 Å². The van der Waals surface area contributed by atoms with E-state index in [1.54, 1.807) is 6.07 Å². The van der Waals surface area contributed by atoms with Gasteiger partial charge in [0.15, 0.2) is 0 Å². The molecule has 0 fully saturated rings. The van der Waals surface area contributed by atoms with Gasteiger partial charge in [-0.05, 0) is 24.1 Å². The van der Waals surface area contributed by atoms with Gasteiger partial charge in [-0.2, -0.15) is 0 Å². The van der Waals surface area contributed by atoms with E-state index in [-0.39, 0.29) is 21.5 Å². The van der Waals surface area contributed by atoms with E-state index in [1.807, 2.05) is 19.1 Å². The minimum absolute atomic E-state index is 0.0317. The van der Waals surface area contributed by atoms with E-state index in [4.69, 9.17) is 39.5 Å². The van der Waals surface area contributed by atoms with Crippen molar-refractivity contribution in [2.75, 3.05) is 0 Å². The van der Waals surface area contributed by atoms with Crippen LogP contribution in [-0.2, 0) is 5.88 Å². The maximum Gasteiger partial charge on any atom is 0.313 e. The summed E-state index contributed by atoms with van der Waals surface area (Å²) in [6.07, 6.45) is 0. The van der Waals surface area contributed by atoms with Gasteiger partial charge in [-0.3, -0.25) is 10.1 Å². The Hall–Kier alpha value is -1.49. The molecule has 7 heteroatoms. The third-order valence-corrected chi connectivity index (χ3v) is 3.86. The lowest BCUT2D eigenvalue weighted by atomic mass is 10.1. The van der Waals surface area contributed by atoms with Gasteiger partial charge in [-0.1, -0.05) is 35.3 Å². The standard InChI is InChI=1S/C14H10Cl3NO3/c1-8-2-3-9(7-15)4-13(8)21-14-6-11(17)10(16)5-12(14)18(19)20/h2-6H,7H2,1H3. The van der Waals surface area contributed by atoms with E-state index < -0.39 is 4.92 Å². The van der Waals surface area contributed by atoms with E-state index in [1.165, 1.54) is 12.1 Å². The molecule has 0 N–H and O–H groups in total. The number of rotatable bonds is 4. The summed E-state index contributed by atoms with van der Waals surface area (Å²) in [5.41, 5.74) is 1.42. The van der Waals surface area contributed by atoms with Gasteiger partial charge in [0, 0.05) is 18.0 Å². The molecular weight excluding hydrogens is 337 g/mol. The zero-order chi connectivity index (χ0) is 15.6. The first kappa shape index (κ1) is 15.9. The minimum Gasteiger partial charge on any atom is -0.450 e. The van der Waals surface area contributed by atoms with Crippen molar-refractivity contribution in [1.82, 2.24) is 0 Å². The predicted molar refractivity (Wildman–Crippen MR) is 83.9 cm³/mol. The third-order valence-electron chi connectivity index (χ3n) is 2.83. The number of aryl methyl sites for hydroxylation is 1. The summed E-state index contributed by atoms with van der Waals surface area (Å²) in [5.74, 6) is 0.832. The van der Waals surface area contributed by atoms with E-state index in [9.17, 15) is 10.1 Å². The van der Waals surface area contributed by atoms with Crippen molar-refractivity contribution < 1.29 is 9.66 Å². The highest BCUT2D eigenvalue weighted by molar-refractivity contribution is 6.42. The zero-order valence-electron chi connectivity index (χ0n) is 10.9. The highest BCUT2D eigenvalue weighted by Crippen LogP contribution is 2.39. The van der Waals surface area contributed by atoms with Crippen LogP contribution in [0.15, 0.2) is 30.3 Å². The molecule has 2 aromatic carbocycles. The Morgan fingerprint density at radius 2 is 1.81 bits per heavy atom. The van der Waals surface area contributed by atoms with Crippen LogP contribution in [0.5, 0.6) is 11.5 Å². The SMILES string of the molecule is Cc1ccc(CCl)cc1Oc1cc(Cl)c(Cl)cc1[N+](=O)[O-]. The number of alkyl halides is 1. The Bertz CT molecular complexity index is 704. The lowest BCUT2D eigenvalue weighted by Crippen LogP contribution is -1.95. The van der Waals surface area contributed by atoms with Crippen molar-refractivity contribution in [1.29, 1.82) is 0 Å². The van der Waals surface area contributed by atoms with Gasteiger partial charge in [-0.25, -0.2) is 0 Å². The molecule has 0 heterocycles. The van der Waals surface area contributed by atoms with Crippen molar-refractivity contribution >= 4 is 40.5 Å². The van der Waals surface area contributed by atoms with Gasteiger partial charge in [0.1, 0.15) is 5.75 Å². The summed E-state index contributed by atoms with van der Waals surface area (Å²) in [4.78, 5) is 10.5. The first-order valence-corrected chi connectivity index (χ1v) is 7.18. The van der Waals surface area contributed by atoms with Crippen LogP contribution in [0.4, 0.5) is 5.69 Å². The molecule has 0 atom stereocenters.